The summed E-state index contributed by atoms with van der Waals surface area (Å²) in [6, 6.07) is 15.4. The summed E-state index contributed by atoms with van der Waals surface area (Å²) in [7, 11) is 4.83. The predicted octanol–water partition coefficient (Wildman–Crippen LogP) is 3.23. The third kappa shape index (κ3) is 3.33. The second-order valence-electron chi connectivity index (χ2n) is 8.30. The van der Waals surface area contributed by atoms with Crippen LogP contribution < -0.4 is 20.7 Å². The van der Waals surface area contributed by atoms with Crippen LogP contribution in [-0.2, 0) is 25.4 Å². The third-order valence-electron chi connectivity index (χ3n) is 6.41. The van der Waals surface area contributed by atoms with Gasteiger partial charge in [-0.05, 0) is 54.4 Å². The van der Waals surface area contributed by atoms with Crippen LogP contribution in [-0.4, -0.2) is 34.0 Å². The van der Waals surface area contributed by atoms with Crippen LogP contribution >= 0.6 is 0 Å². The van der Waals surface area contributed by atoms with Gasteiger partial charge in [-0.1, -0.05) is 12.1 Å². The SMILES string of the molecule is CCOc1ccc([C@@H]2OCCn3c(-c4ccc(OC)cc4)c4c(=O)n(C)c(=O)n(C)c4c32)cc1. The van der Waals surface area contributed by atoms with E-state index in [9.17, 15) is 9.59 Å². The minimum Gasteiger partial charge on any atom is -0.497 e. The number of aryl methyl sites for hydroxylation is 1. The molecule has 0 saturated heterocycles. The van der Waals surface area contributed by atoms with Crippen LogP contribution in [0.5, 0.6) is 11.5 Å². The van der Waals surface area contributed by atoms with E-state index < -0.39 is 6.10 Å². The van der Waals surface area contributed by atoms with Crippen molar-refractivity contribution in [3.05, 3.63) is 80.6 Å². The minimum atomic E-state index is -0.434. The van der Waals surface area contributed by atoms with Crippen molar-refractivity contribution in [2.24, 2.45) is 14.1 Å². The lowest BCUT2D eigenvalue weighted by Gasteiger charge is -2.28. The van der Waals surface area contributed by atoms with E-state index in [4.69, 9.17) is 14.2 Å². The fraction of sp³-hybridized carbons (Fsp3) is 0.308. The molecule has 0 bridgehead atoms. The molecule has 0 amide bonds. The maximum absolute atomic E-state index is 13.5. The highest BCUT2D eigenvalue weighted by molar-refractivity contribution is 5.96. The Morgan fingerprint density at radius 2 is 1.65 bits per heavy atom. The minimum absolute atomic E-state index is 0.323. The Morgan fingerprint density at radius 3 is 2.29 bits per heavy atom. The summed E-state index contributed by atoms with van der Waals surface area (Å²) in [5.41, 5.74) is 3.28. The predicted molar refractivity (Wildman–Crippen MR) is 130 cm³/mol. The lowest BCUT2D eigenvalue weighted by atomic mass is 10.0. The number of methoxy groups -OCH3 is 1. The van der Waals surface area contributed by atoms with E-state index in [2.05, 4.69) is 4.57 Å². The fourth-order valence-electron chi connectivity index (χ4n) is 4.79. The number of nitrogens with zero attached hydrogens (tertiary/aromatic N) is 3. The zero-order chi connectivity index (χ0) is 24.0. The van der Waals surface area contributed by atoms with Gasteiger partial charge in [-0.3, -0.25) is 13.9 Å². The summed E-state index contributed by atoms with van der Waals surface area (Å²) in [5, 5.41) is 0.506. The average Bonchev–Trinajstić information content (AvgIpc) is 3.22. The van der Waals surface area contributed by atoms with Crippen molar-refractivity contribution in [1.29, 1.82) is 0 Å². The highest BCUT2D eigenvalue weighted by Gasteiger charge is 2.33. The summed E-state index contributed by atoms with van der Waals surface area (Å²) in [4.78, 5) is 26.4. The van der Waals surface area contributed by atoms with Gasteiger partial charge < -0.3 is 18.8 Å². The standard InChI is InChI=1S/C26H27N3O5/c1-5-33-19-12-8-17(9-13-19)24-23-22-20(25(30)28(3)26(31)27(22)2)21(29(23)14-15-34-24)16-6-10-18(32-4)11-7-16/h6-13,24H,5,14-15H2,1-4H3/t24-/m0/s1. The lowest BCUT2D eigenvalue weighted by Crippen LogP contribution is -2.37. The van der Waals surface area contributed by atoms with Gasteiger partial charge in [-0.25, -0.2) is 4.79 Å². The number of hydrogen-bond donors (Lipinski definition) is 0. The number of aromatic nitrogens is 3. The molecular formula is C26H27N3O5. The van der Waals surface area contributed by atoms with E-state index in [0.717, 1.165) is 38.6 Å². The zero-order valence-corrected chi connectivity index (χ0v) is 19.7. The Kier molecular flexibility index (Phi) is 5.53. The first kappa shape index (κ1) is 22.0. The van der Waals surface area contributed by atoms with Gasteiger partial charge in [0.25, 0.3) is 5.56 Å². The molecule has 176 valence electrons. The maximum atomic E-state index is 13.5. The molecule has 0 unspecified atom stereocenters. The molecule has 1 aliphatic heterocycles. The number of ether oxygens (including phenoxy) is 3. The molecule has 1 aliphatic rings. The van der Waals surface area contributed by atoms with Gasteiger partial charge in [0.1, 0.15) is 17.6 Å². The number of fused-ring (bicyclic) bond motifs is 3. The molecular weight excluding hydrogens is 434 g/mol. The van der Waals surface area contributed by atoms with Gasteiger partial charge in [0.15, 0.2) is 0 Å². The topological polar surface area (TPSA) is 76.6 Å². The highest BCUT2D eigenvalue weighted by Crippen LogP contribution is 2.41. The Bertz CT molecular complexity index is 1480. The van der Waals surface area contributed by atoms with Crippen LogP contribution in [0.2, 0.25) is 0 Å². The van der Waals surface area contributed by atoms with Gasteiger partial charge in [0, 0.05) is 20.6 Å². The quantitative estimate of drug-likeness (QED) is 0.456. The van der Waals surface area contributed by atoms with Crippen LogP contribution in [0.15, 0.2) is 58.1 Å². The van der Waals surface area contributed by atoms with Crippen LogP contribution in [0.1, 0.15) is 24.3 Å². The van der Waals surface area contributed by atoms with Gasteiger partial charge in [-0.2, -0.15) is 0 Å². The molecule has 5 rings (SSSR count). The zero-order valence-electron chi connectivity index (χ0n) is 19.7. The molecule has 8 heteroatoms. The van der Waals surface area contributed by atoms with Crippen LogP contribution in [0.4, 0.5) is 0 Å². The van der Waals surface area contributed by atoms with Crippen molar-refractivity contribution >= 4 is 10.9 Å². The van der Waals surface area contributed by atoms with Crippen LogP contribution in [0.25, 0.3) is 22.2 Å². The average molecular weight is 462 g/mol. The van der Waals surface area contributed by atoms with Gasteiger partial charge in [0.05, 0.1) is 42.6 Å². The smallest absolute Gasteiger partial charge is 0.331 e. The molecule has 2 aromatic heterocycles. The lowest BCUT2D eigenvalue weighted by molar-refractivity contribution is 0.0478. The first-order chi connectivity index (χ1) is 16.5. The molecule has 0 saturated carbocycles. The van der Waals surface area contributed by atoms with E-state index in [1.807, 2.05) is 55.5 Å². The van der Waals surface area contributed by atoms with E-state index in [-0.39, 0.29) is 11.2 Å². The molecule has 0 aliphatic carbocycles. The Balaban J connectivity index is 1.82. The molecule has 0 spiro atoms. The summed E-state index contributed by atoms with van der Waals surface area (Å²) in [6.45, 7) is 3.57. The highest BCUT2D eigenvalue weighted by atomic mass is 16.5. The van der Waals surface area contributed by atoms with Crippen molar-refractivity contribution in [2.45, 2.75) is 19.6 Å². The van der Waals surface area contributed by atoms with E-state index in [1.165, 1.54) is 7.05 Å². The van der Waals surface area contributed by atoms with E-state index in [0.29, 0.717) is 30.7 Å². The second kappa shape index (κ2) is 8.53. The first-order valence-corrected chi connectivity index (χ1v) is 11.3. The largest absolute Gasteiger partial charge is 0.497 e. The molecule has 0 N–H and O–H groups in total. The third-order valence-corrected chi connectivity index (χ3v) is 6.41. The van der Waals surface area contributed by atoms with Crippen LogP contribution in [0, 0.1) is 0 Å². The van der Waals surface area contributed by atoms with Crippen molar-refractivity contribution in [2.75, 3.05) is 20.3 Å². The molecule has 4 aromatic rings. The molecule has 8 nitrogen and oxygen atoms in total. The normalized spacial score (nSPS) is 15.4. The molecule has 0 fully saturated rings. The van der Waals surface area contributed by atoms with Crippen molar-refractivity contribution in [3.63, 3.8) is 0 Å². The first-order valence-electron chi connectivity index (χ1n) is 11.3. The number of benzene rings is 2. The van der Waals surface area contributed by atoms with Crippen molar-refractivity contribution in [3.8, 4) is 22.8 Å². The van der Waals surface area contributed by atoms with E-state index >= 15 is 0 Å². The summed E-state index contributed by atoms with van der Waals surface area (Å²) in [5.74, 6) is 1.51. The second-order valence-corrected chi connectivity index (χ2v) is 8.30. The molecule has 34 heavy (non-hydrogen) atoms. The van der Waals surface area contributed by atoms with Gasteiger partial charge >= 0.3 is 5.69 Å². The summed E-state index contributed by atoms with van der Waals surface area (Å²) >= 11 is 0. The molecule has 0 radical (unpaired) electrons. The summed E-state index contributed by atoms with van der Waals surface area (Å²) in [6.07, 6.45) is -0.434. The van der Waals surface area contributed by atoms with Crippen molar-refractivity contribution in [1.82, 2.24) is 13.7 Å². The summed E-state index contributed by atoms with van der Waals surface area (Å²) < 4.78 is 22.0. The van der Waals surface area contributed by atoms with Crippen molar-refractivity contribution < 1.29 is 14.2 Å². The number of rotatable bonds is 5. The molecule has 2 aromatic carbocycles. The Labute approximate surface area is 196 Å². The Hall–Kier alpha value is -3.78. The monoisotopic (exact) mass is 461 g/mol. The fourth-order valence-corrected chi connectivity index (χ4v) is 4.79. The number of hydrogen-bond acceptors (Lipinski definition) is 5. The van der Waals surface area contributed by atoms with Gasteiger partial charge in [-0.15, -0.1) is 0 Å². The van der Waals surface area contributed by atoms with Gasteiger partial charge in [0.2, 0.25) is 0 Å². The van der Waals surface area contributed by atoms with E-state index in [1.54, 1.807) is 18.7 Å². The maximum Gasteiger partial charge on any atom is 0.331 e. The Morgan fingerprint density at radius 1 is 0.971 bits per heavy atom. The molecule has 3 heterocycles. The molecule has 1 atom stereocenters. The van der Waals surface area contributed by atoms with Crippen LogP contribution in [0.3, 0.4) is 0 Å².